The standard InChI is InChI=1S/C21H20N2O2/c1-15(2)21(24)25-14-19-18(13-16-9-5-3-6-10-16)22-20(23-19)17-11-7-4-8-12-17/h3-12H,1,13-14H2,2H3,(H,22,23). The summed E-state index contributed by atoms with van der Waals surface area (Å²) in [4.78, 5) is 19.7. The second-order valence-electron chi connectivity index (χ2n) is 5.90. The van der Waals surface area contributed by atoms with Crippen LogP contribution in [0.4, 0.5) is 0 Å². The minimum Gasteiger partial charge on any atom is -0.456 e. The Labute approximate surface area is 147 Å². The molecule has 4 heteroatoms. The monoisotopic (exact) mass is 332 g/mol. The zero-order valence-electron chi connectivity index (χ0n) is 14.2. The Morgan fingerprint density at radius 2 is 1.72 bits per heavy atom. The largest absolute Gasteiger partial charge is 0.456 e. The molecule has 0 saturated heterocycles. The molecule has 0 aliphatic heterocycles. The summed E-state index contributed by atoms with van der Waals surface area (Å²) in [6.07, 6.45) is 0.671. The summed E-state index contributed by atoms with van der Waals surface area (Å²) in [5.74, 6) is 0.370. The fourth-order valence-corrected chi connectivity index (χ4v) is 2.49. The molecule has 3 rings (SSSR count). The fraction of sp³-hybridized carbons (Fsp3) is 0.143. The molecule has 0 unspecified atom stereocenters. The van der Waals surface area contributed by atoms with E-state index in [1.54, 1.807) is 6.92 Å². The number of carbonyl (C=O) groups is 1. The maximum absolute atomic E-state index is 11.7. The number of ether oxygens (including phenoxy) is 1. The number of esters is 1. The number of H-pyrrole nitrogens is 1. The number of aromatic nitrogens is 2. The third-order valence-corrected chi connectivity index (χ3v) is 3.82. The molecule has 0 amide bonds. The summed E-state index contributed by atoms with van der Waals surface area (Å²) in [5.41, 5.74) is 4.21. The minimum atomic E-state index is -0.401. The molecular formula is C21H20N2O2. The van der Waals surface area contributed by atoms with Crippen molar-refractivity contribution in [3.8, 4) is 11.4 Å². The van der Waals surface area contributed by atoms with Crippen LogP contribution in [0.3, 0.4) is 0 Å². The van der Waals surface area contributed by atoms with Crippen molar-refractivity contribution in [1.82, 2.24) is 9.97 Å². The lowest BCUT2D eigenvalue weighted by molar-refractivity contribution is -0.140. The zero-order valence-corrected chi connectivity index (χ0v) is 14.2. The van der Waals surface area contributed by atoms with Gasteiger partial charge in [0.1, 0.15) is 12.4 Å². The third kappa shape index (κ3) is 4.23. The molecule has 1 aromatic heterocycles. The second kappa shape index (κ2) is 7.62. The van der Waals surface area contributed by atoms with Gasteiger partial charge in [0.25, 0.3) is 0 Å². The highest BCUT2D eigenvalue weighted by Gasteiger charge is 2.14. The van der Waals surface area contributed by atoms with Gasteiger partial charge in [0.15, 0.2) is 0 Å². The molecule has 0 aliphatic carbocycles. The molecule has 0 fully saturated rings. The van der Waals surface area contributed by atoms with E-state index in [1.807, 2.05) is 48.5 Å². The molecule has 3 aromatic rings. The van der Waals surface area contributed by atoms with Crippen molar-refractivity contribution in [3.05, 3.63) is 89.8 Å². The van der Waals surface area contributed by atoms with Crippen molar-refractivity contribution in [2.24, 2.45) is 0 Å². The Morgan fingerprint density at radius 3 is 2.36 bits per heavy atom. The Kier molecular flexibility index (Phi) is 5.09. The van der Waals surface area contributed by atoms with Gasteiger partial charge in [0.05, 0.1) is 11.4 Å². The van der Waals surface area contributed by atoms with E-state index in [2.05, 4.69) is 23.7 Å². The molecule has 0 spiro atoms. The smallest absolute Gasteiger partial charge is 0.333 e. The lowest BCUT2D eigenvalue weighted by Crippen LogP contribution is -2.06. The van der Waals surface area contributed by atoms with E-state index >= 15 is 0 Å². The summed E-state index contributed by atoms with van der Waals surface area (Å²) in [6.45, 7) is 5.39. The highest BCUT2D eigenvalue weighted by molar-refractivity contribution is 5.86. The van der Waals surface area contributed by atoms with Crippen molar-refractivity contribution >= 4 is 5.97 Å². The van der Waals surface area contributed by atoms with Crippen molar-refractivity contribution < 1.29 is 9.53 Å². The first-order valence-corrected chi connectivity index (χ1v) is 8.13. The van der Waals surface area contributed by atoms with E-state index < -0.39 is 5.97 Å². The summed E-state index contributed by atoms with van der Waals surface area (Å²) in [5, 5.41) is 0. The predicted molar refractivity (Wildman–Crippen MR) is 97.9 cm³/mol. The quantitative estimate of drug-likeness (QED) is 0.541. The van der Waals surface area contributed by atoms with Crippen LogP contribution in [0.1, 0.15) is 23.9 Å². The van der Waals surface area contributed by atoms with Gasteiger partial charge in [0, 0.05) is 17.6 Å². The van der Waals surface area contributed by atoms with Gasteiger partial charge in [-0.25, -0.2) is 9.78 Å². The lowest BCUT2D eigenvalue weighted by Gasteiger charge is -2.05. The SMILES string of the molecule is C=C(C)C(=O)OCc1[nH]c(-c2ccccc2)nc1Cc1ccccc1. The van der Waals surface area contributed by atoms with Crippen LogP contribution in [-0.2, 0) is 22.6 Å². The molecule has 0 saturated carbocycles. The summed E-state index contributed by atoms with van der Waals surface area (Å²) >= 11 is 0. The fourth-order valence-electron chi connectivity index (χ4n) is 2.49. The normalized spacial score (nSPS) is 10.4. The number of hydrogen-bond donors (Lipinski definition) is 1. The first kappa shape index (κ1) is 16.7. The summed E-state index contributed by atoms with van der Waals surface area (Å²) in [7, 11) is 0. The molecular weight excluding hydrogens is 312 g/mol. The number of carbonyl (C=O) groups excluding carboxylic acids is 1. The highest BCUT2D eigenvalue weighted by Crippen LogP contribution is 2.21. The van der Waals surface area contributed by atoms with Gasteiger partial charge in [-0.1, -0.05) is 67.2 Å². The predicted octanol–water partition coefficient (Wildman–Crippen LogP) is 4.29. The maximum atomic E-state index is 11.7. The van der Waals surface area contributed by atoms with Crippen LogP contribution in [0, 0.1) is 0 Å². The third-order valence-electron chi connectivity index (χ3n) is 3.82. The molecule has 1 N–H and O–H groups in total. The molecule has 126 valence electrons. The number of benzene rings is 2. The van der Waals surface area contributed by atoms with E-state index in [-0.39, 0.29) is 6.61 Å². The number of hydrogen-bond acceptors (Lipinski definition) is 3. The number of nitrogens with one attached hydrogen (secondary N) is 1. The van der Waals surface area contributed by atoms with Crippen LogP contribution < -0.4 is 0 Å². The Morgan fingerprint density at radius 1 is 1.08 bits per heavy atom. The van der Waals surface area contributed by atoms with Crippen LogP contribution in [-0.4, -0.2) is 15.9 Å². The number of nitrogens with zero attached hydrogens (tertiary/aromatic N) is 1. The molecule has 25 heavy (non-hydrogen) atoms. The van der Waals surface area contributed by atoms with Crippen LogP contribution in [0.15, 0.2) is 72.8 Å². The van der Waals surface area contributed by atoms with E-state index in [0.717, 1.165) is 28.3 Å². The topological polar surface area (TPSA) is 55.0 Å². The van der Waals surface area contributed by atoms with E-state index in [4.69, 9.17) is 9.72 Å². The van der Waals surface area contributed by atoms with Crippen LogP contribution in [0.25, 0.3) is 11.4 Å². The molecule has 0 aliphatic rings. The molecule has 4 nitrogen and oxygen atoms in total. The van der Waals surface area contributed by atoms with Crippen molar-refractivity contribution in [3.63, 3.8) is 0 Å². The lowest BCUT2D eigenvalue weighted by atomic mass is 10.1. The minimum absolute atomic E-state index is 0.147. The molecule has 0 radical (unpaired) electrons. The highest BCUT2D eigenvalue weighted by atomic mass is 16.5. The zero-order chi connectivity index (χ0) is 17.6. The molecule has 0 atom stereocenters. The van der Waals surface area contributed by atoms with Crippen LogP contribution >= 0.6 is 0 Å². The van der Waals surface area contributed by atoms with Gasteiger partial charge in [-0.2, -0.15) is 0 Å². The average Bonchev–Trinajstić information content (AvgIpc) is 3.04. The Bertz CT molecular complexity index is 867. The van der Waals surface area contributed by atoms with Gasteiger partial charge < -0.3 is 9.72 Å². The first-order chi connectivity index (χ1) is 12.1. The Balaban J connectivity index is 1.89. The van der Waals surface area contributed by atoms with Gasteiger partial charge >= 0.3 is 5.97 Å². The molecule has 1 heterocycles. The maximum Gasteiger partial charge on any atom is 0.333 e. The summed E-state index contributed by atoms with van der Waals surface area (Å²) < 4.78 is 5.31. The number of aromatic amines is 1. The average molecular weight is 332 g/mol. The van der Waals surface area contributed by atoms with Crippen LogP contribution in [0.5, 0.6) is 0 Å². The van der Waals surface area contributed by atoms with Crippen molar-refractivity contribution in [2.45, 2.75) is 20.0 Å². The van der Waals surface area contributed by atoms with Crippen molar-refractivity contribution in [2.75, 3.05) is 0 Å². The first-order valence-electron chi connectivity index (χ1n) is 8.13. The number of imidazole rings is 1. The van der Waals surface area contributed by atoms with Gasteiger partial charge in [0.2, 0.25) is 0 Å². The van der Waals surface area contributed by atoms with E-state index in [9.17, 15) is 4.79 Å². The second-order valence-corrected chi connectivity index (χ2v) is 5.90. The summed E-state index contributed by atoms with van der Waals surface area (Å²) in [6, 6.07) is 20.0. The van der Waals surface area contributed by atoms with E-state index in [0.29, 0.717) is 12.0 Å². The molecule has 0 bridgehead atoms. The van der Waals surface area contributed by atoms with Crippen LogP contribution in [0.2, 0.25) is 0 Å². The Hall–Kier alpha value is -3.14. The van der Waals surface area contributed by atoms with E-state index in [1.165, 1.54) is 0 Å². The number of rotatable bonds is 6. The van der Waals surface area contributed by atoms with Gasteiger partial charge in [-0.3, -0.25) is 0 Å². The van der Waals surface area contributed by atoms with Gasteiger partial charge in [-0.05, 0) is 12.5 Å². The van der Waals surface area contributed by atoms with Gasteiger partial charge in [-0.15, -0.1) is 0 Å². The molecule has 2 aromatic carbocycles. The van der Waals surface area contributed by atoms with Crippen molar-refractivity contribution in [1.29, 1.82) is 0 Å².